The van der Waals surface area contributed by atoms with Gasteiger partial charge in [0.05, 0.1) is 23.0 Å². The van der Waals surface area contributed by atoms with Crippen molar-refractivity contribution in [3.8, 4) is 17.2 Å². The van der Waals surface area contributed by atoms with Gasteiger partial charge < -0.3 is 19.5 Å². The minimum Gasteiger partial charge on any atom is -0.497 e. The Morgan fingerprint density at radius 1 is 1.07 bits per heavy atom. The van der Waals surface area contributed by atoms with Crippen molar-refractivity contribution >= 4 is 75.4 Å². The van der Waals surface area contributed by atoms with Crippen LogP contribution in [0.5, 0.6) is 17.2 Å². The number of imide groups is 2. The van der Waals surface area contributed by atoms with Gasteiger partial charge in [-0.2, -0.15) is 0 Å². The number of anilines is 2. The molecule has 1 heterocycles. The van der Waals surface area contributed by atoms with Crippen LogP contribution in [-0.2, 0) is 14.4 Å². The monoisotopic (exact) mass is 689 g/mol. The van der Waals surface area contributed by atoms with Gasteiger partial charge in [0.2, 0.25) is 0 Å². The van der Waals surface area contributed by atoms with Gasteiger partial charge in [-0.05, 0) is 102 Å². The highest BCUT2D eigenvalue weighted by molar-refractivity contribution is 14.1. The number of hydrogen-bond acceptors (Lipinski definition) is 7. The fraction of sp³-hybridized carbons (Fsp3) is 0.172. The van der Waals surface area contributed by atoms with E-state index in [9.17, 15) is 19.2 Å². The summed E-state index contributed by atoms with van der Waals surface area (Å²) in [4.78, 5) is 51.8. The van der Waals surface area contributed by atoms with Crippen LogP contribution in [0.15, 0.2) is 60.2 Å². The highest BCUT2D eigenvalue weighted by Gasteiger charge is 2.37. The molecule has 0 bridgehead atoms. The Hall–Kier alpha value is -4.10. The van der Waals surface area contributed by atoms with Crippen LogP contribution in [-0.4, -0.2) is 44.1 Å². The molecule has 12 heteroatoms. The molecule has 4 rings (SSSR count). The standard InChI is InChI=1S/C29H25ClIN3O7/c1-4-40-24-13-17(12-23(31)26(24)41-15-25(35)32-18-6-5-16(2)22(30)14-18)11-21-27(36)33-29(38)34(28(21)37)19-7-9-20(39-3)10-8-19/h5-14H,4,15H2,1-3H3,(H,32,35)(H,33,36,38)/b21-11+. The third-order valence-corrected chi connectivity index (χ3v) is 7.09. The van der Waals surface area contributed by atoms with Crippen LogP contribution < -0.4 is 29.7 Å². The molecule has 1 saturated heterocycles. The van der Waals surface area contributed by atoms with Crippen molar-refractivity contribution in [2.45, 2.75) is 13.8 Å². The van der Waals surface area contributed by atoms with E-state index in [4.69, 9.17) is 25.8 Å². The fourth-order valence-electron chi connectivity index (χ4n) is 3.87. The van der Waals surface area contributed by atoms with Gasteiger partial charge in [-0.3, -0.25) is 19.7 Å². The first-order valence-corrected chi connectivity index (χ1v) is 13.8. The first-order valence-electron chi connectivity index (χ1n) is 12.3. The lowest BCUT2D eigenvalue weighted by Gasteiger charge is -2.26. The zero-order valence-electron chi connectivity index (χ0n) is 22.2. The van der Waals surface area contributed by atoms with Gasteiger partial charge in [-0.25, -0.2) is 9.69 Å². The number of carbonyl (C=O) groups excluding carboxylic acids is 4. The predicted octanol–water partition coefficient (Wildman–Crippen LogP) is 5.34. The summed E-state index contributed by atoms with van der Waals surface area (Å²) in [5.41, 5.74) is 1.90. The lowest BCUT2D eigenvalue weighted by Crippen LogP contribution is -2.54. The number of carbonyl (C=O) groups is 4. The van der Waals surface area contributed by atoms with Crippen LogP contribution in [0.1, 0.15) is 18.1 Å². The summed E-state index contributed by atoms with van der Waals surface area (Å²) < 4.78 is 17.2. The van der Waals surface area contributed by atoms with Crippen LogP contribution in [0.2, 0.25) is 5.02 Å². The van der Waals surface area contributed by atoms with Crippen molar-refractivity contribution in [2.24, 2.45) is 0 Å². The lowest BCUT2D eigenvalue weighted by atomic mass is 10.1. The number of methoxy groups -OCH3 is 1. The molecule has 0 aromatic heterocycles. The minimum absolute atomic E-state index is 0.247. The SMILES string of the molecule is CCOc1cc(/C=C2\C(=O)NC(=O)N(c3ccc(OC)cc3)C2=O)cc(I)c1OCC(=O)Nc1ccc(C)c(Cl)c1. The molecule has 1 fully saturated rings. The molecule has 2 N–H and O–H groups in total. The number of barbiturate groups is 1. The van der Waals surface area contributed by atoms with Gasteiger partial charge in [0.1, 0.15) is 11.3 Å². The molecule has 0 radical (unpaired) electrons. The third-order valence-electron chi connectivity index (χ3n) is 5.88. The maximum Gasteiger partial charge on any atom is 0.335 e. The van der Waals surface area contributed by atoms with Gasteiger partial charge in [0.15, 0.2) is 18.1 Å². The van der Waals surface area contributed by atoms with Gasteiger partial charge in [0.25, 0.3) is 17.7 Å². The largest absolute Gasteiger partial charge is 0.497 e. The number of nitrogens with zero attached hydrogens (tertiary/aromatic N) is 1. The Bertz CT molecular complexity index is 1560. The second kappa shape index (κ2) is 13.0. The zero-order chi connectivity index (χ0) is 29.7. The molecule has 1 aliphatic heterocycles. The molecule has 0 atom stereocenters. The molecule has 0 saturated carbocycles. The Balaban J connectivity index is 1.56. The van der Waals surface area contributed by atoms with Crippen molar-refractivity contribution in [3.05, 3.63) is 79.9 Å². The molecule has 0 aliphatic carbocycles. The maximum atomic E-state index is 13.3. The number of benzene rings is 3. The summed E-state index contributed by atoms with van der Waals surface area (Å²) in [6.07, 6.45) is 1.36. The highest BCUT2D eigenvalue weighted by Crippen LogP contribution is 2.35. The molecule has 41 heavy (non-hydrogen) atoms. The molecule has 212 valence electrons. The Labute approximate surface area is 254 Å². The number of amides is 5. The molecule has 0 unspecified atom stereocenters. The van der Waals surface area contributed by atoms with Crippen molar-refractivity contribution in [3.63, 3.8) is 0 Å². The van der Waals surface area contributed by atoms with Crippen LogP contribution in [0.4, 0.5) is 16.2 Å². The second-order valence-corrected chi connectivity index (χ2v) is 10.3. The highest BCUT2D eigenvalue weighted by atomic mass is 127. The summed E-state index contributed by atoms with van der Waals surface area (Å²) in [5, 5.41) is 5.46. The number of urea groups is 1. The van der Waals surface area contributed by atoms with E-state index in [1.54, 1.807) is 49.4 Å². The topological polar surface area (TPSA) is 123 Å². The number of nitrogens with one attached hydrogen (secondary N) is 2. The Kier molecular flexibility index (Phi) is 9.50. The van der Waals surface area contributed by atoms with E-state index >= 15 is 0 Å². The van der Waals surface area contributed by atoms with Crippen LogP contribution in [0.3, 0.4) is 0 Å². The van der Waals surface area contributed by atoms with Crippen molar-refractivity contribution in [2.75, 3.05) is 30.5 Å². The molecule has 5 amide bonds. The van der Waals surface area contributed by atoms with Gasteiger partial charge in [-0.1, -0.05) is 17.7 Å². The first-order chi connectivity index (χ1) is 19.6. The molecular weight excluding hydrogens is 665 g/mol. The van der Waals surface area contributed by atoms with E-state index in [-0.39, 0.29) is 17.9 Å². The van der Waals surface area contributed by atoms with E-state index in [2.05, 4.69) is 10.6 Å². The molecule has 1 aliphatic rings. The van der Waals surface area contributed by atoms with Gasteiger partial charge in [0, 0.05) is 10.7 Å². The average Bonchev–Trinajstić information content (AvgIpc) is 2.93. The lowest BCUT2D eigenvalue weighted by molar-refractivity contribution is -0.122. The first kappa shape index (κ1) is 29.9. The number of hydrogen-bond donors (Lipinski definition) is 2. The van der Waals surface area contributed by atoms with Gasteiger partial charge >= 0.3 is 6.03 Å². The molecule has 3 aromatic carbocycles. The predicted molar refractivity (Wildman–Crippen MR) is 163 cm³/mol. The molecule has 3 aromatic rings. The summed E-state index contributed by atoms with van der Waals surface area (Å²) >= 11 is 8.14. The van der Waals surface area contributed by atoms with E-state index in [1.165, 1.54) is 25.3 Å². The van der Waals surface area contributed by atoms with Crippen molar-refractivity contribution in [1.82, 2.24) is 5.32 Å². The number of aryl methyl sites for hydroxylation is 1. The quantitative estimate of drug-likeness (QED) is 0.177. The van der Waals surface area contributed by atoms with E-state index in [0.717, 1.165) is 10.5 Å². The van der Waals surface area contributed by atoms with Crippen LogP contribution in [0, 0.1) is 10.5 Å². The Morgan fingerprint density at radius 3 is 2.46 bits per heavy atom. The van der Waals surface area contributed by atoms with Gasteiger partial charge in [-0.15, -0.1) is 0 Å². The minimum atomic E-state index is -0.859. The summed E-state index contributed by atoms with van der Waals surface area (Å²) in [6.45, 7) is 3.63. The number of halogens is 2. The molecular formula is C29H25ClIN3O7. The van der Waals surface area contributed by atoms with E-state index < -0.39 is 23.8 Å². The molecule has 10 nitrogen and oxygen atoms in total. The average molecular weight is 690 g/mol. The van der Waals surface area contributed by atoms with E-state index in [1.807, 2.05) is 29.5 Å². The number of ether oxygens (including phenoxy) is 3. The van der Waals surface area contributed by atoms with Crippen LogP contribution >= 0.6 is 34.2 Å². The third kappa shape index (κ3) is 6.98. The van der Waals surface area contributed by atoms with Crippen molar-refractivity contribution < 1.29 is 33.4 Å². The second-order valence-electron chi connectivity index (χ2n) is 8.72. The fourth-order valence-corrected chi connectivity index (χ4v) is 4.83. The smallest absolute Gasteiger partial charge is 0.335 e. The van der Waals surface area contributed by atoms with Crippen molar-refractivity contribution in [1.29, 1.82) is 0 Å². The summed E-state index contributed by atoms with van der Waals surface area (Å²) in [5.74, 6) is -0.841. The molecule has 0 spiro atoms. The van der Waals surface area contributed by atoms with Crippen LogP contribution in [0.25, 0.3) is 6.08 Å². The Morgan fingerprint density at radius 2 is 1.80 bits per heavy atom. The maximum absolute atomic E-state index is 13.3. The van der Waals surface area contributed by atoms with E-state index in [0.29, 0.717) is 43.7 Å². The summed E-state index contributed by atoms with van der Waals surface area (Å²) in [7, 11) is 1.50. The number of rotatable bonds is 9. The summed E-state index contributed by atoms with van der Waals surface area (Å²) in [6, 6.07) is 13.8. The zero-order valence-corrected chi connectivity index (χ0v) is 25.2. The normalized spacial score (nSPS) is 14.1.